The zero-order chi connectivity index (χ0) is 16.7. The number of amides is 1. The van der Waals surface area contributed by atoms with E-state index in [-0.39, 0.29) is 18.3 Å². The zero-order valence-corrected chi connectivity index (χ0v) is 13.3. The SMILES string of the molecule is CN(C)CC(=O)c1cccc(NC(=O)COc2ccccc2)c1. The van der Waals surface area contributed by atoms with Crippen LogP contribution in [0.15, 0.2) is 54.6 Å². The molecule has 5 heteroatoms. The van der Waals surface area contributed by atoms with Gasteiger partial charge in [-0.1, -0.05) is 30.3 Å². The molecular weight excluding hydrogens is 292 g/mol. The molecule has 0 unspecified atom stereocenters. The lowest BCUT2D eigenvalue weighted by Gasteiger charge is -2.10. The molecule has 0 heterocycles. The first-order valence-corrected chi connectivity index (χ1v) is 7.30. The van der Waals surface area contributed by atoms with Gasteiger partial charge in [0.2, 0.25) is 0 Å². The number of benzene rings is 2. The lowest BCUT2D eigenvalue weighted by atomic mass is 10.1. The molecule has 1 N–H and O–H groups in total. The summed E-state index contributed by atoms with van der Waals surface area (Å²) in [6.07, 6.45) is 0. The standard InChI is InChI=1S/C18H20N2O3/c1-20(2)12-17(21)14-7-6-8-15(11-14)19-18(22)13-23-16-9-4-3-5-10-16/h3-11H,12-13H2,1-2H3,(H,19,22). The van der Waals surface area contributed by atoms with E-state index in [2.05, 4.69) is 5.32 Å². The second-order valence-corrected chi connectivity index (χ2v) is 5.39. The molecule has 2 aromatic rings. The number of anilines is 1. The summed E-state index contributed by atoms with van der Waals surface area (Å²) in [4.78, 5) is 25.7. The molecule has 0 fully saturated rings. The molecule has 0 saturated carbocycles. The fourth-order valence-corrected chi connectivity index (χ4v) is 2.01. The van der Waals surface area contributed by atoms with Crippen molar-refractivity contribution < 1.29 is 14.3 Å². The number of ketones is 1. The van der Waals surface area contributed by atoms with Gasteiger partial charge in [0.15, 0.2) is 12.4 Å². The maximum atomic E-state index is 12.0. The van der Waals surface area contributed by atoms with Crippen molar-refractivity contribution >= 4 is 17.4 Å². The van der Waals surface area contributed by atoms with Gasteiger partial charge in [-0.15, -0.1) is 0 Å². The van der Waals surface area contributed by atoms with E-state index in [1.54, 1.807) is 41.3 Å². The third kappa shape index (κ3) is 5.56. The quantitative estimate of drug-likeness (QED) is 0.798. The van der Waals surface area contributed by atoms with E-state index in [0.29, 0.717) is 23.5 Å². The number of Topliss-reactive ketones (excluding diaryl/α,β-unsaturated/α-hetero) is 1. The van der Waals surface area contributed by atoms with E-state index in [1.165, 1.54) is 0 Å². The summed E-state index contributed by atoms with van der Waals surface area (Å²) in [5, 5.41) is 2.73. The van der Waals surface area contributed by atoms with Crippen molar-refractivity contribution in [2.45, 2.75) is 0 Å². The monoisotopic (exact) mass is 312 g/mol. The van der Waals surface area contributed by atoms with Crippen LogP contribution in [0.3, 0.4) is 0 Å². The van der Waals surface area contributed by atoms with Gasteiger partial charge in [0.25, 0.3) is 5.91 Å². The highest BCUT2D eigenvalue weighted by molar-refractivity contribution is 5.99. The predicted molar refractivity (Wildman–Crippen MR) is 89.9 cm³/mol. The van der Waals surface area contributed by atoms with Gasteiger partial charge < -0.3 is 15.0 Å². The summed E-state index contributed by atoms with van der Waals surface area (Å²) in [5.41, 5.74) is 1.15. The van der Waals surface area contributed by atoms with E-state index in [1.807, 2.05) is 32.3 Å². The Morgan fingerprint density at radius 2 is 1.78 bits per heavy atom. The summed E-state index contributed by atoms with van der Waals surface area (Å²) in [6.45, 7) is 0.244. The molecule has 0 atom stereocenters. The molecule has 23 heavy (non-hydrogen) atoms. The highest BCUT2D eigenvalue weighted by Gasteiger charge is 2.09. The fraction of sp³-hybridized carbons (Fsp3) is 0.222. The molecule has 1 amide bonds. The fourth-order valence-electron chi connectivity index (χ4n) is 2.01. The summed E-state index contributed by atoms with van der Waals surface area (Å²) in [6, 6.07) is 16.0. The Morgan fingerprint density at radius 1 is 1.04 bits per heavy atom. The van der Waals surface area contributed by atoms with E-state index in [9.17, 15) is 9.59 Å². The topological polar surface area (TPSA) is 58.6 Å². The van der Waals surface area contributed by atoms with Gasteiger partial charge in [-0.3, -0.25) is 9.59 Å². The van der Waals surface area contributed by atoms with Crippen molar-refractivity contribution in [3.05, 3.63) is 60.2 Å². The number of carbonyl (C=O) groups excluding carboxylic acids is 2. The number of hydrogen-bond donors (Lipinski definition) is 1. The van der Waals surface area contributed by atoms with Crippen LogP contribution in [0.2, 0.25) is 0 Å². The first-order chi connectivity index (χ1) is 11.0. The third-order valence-corrected chi connectivity index (χ3v) is 3.04. The van der Waals surface area contributed by atoms with Crippen molar-refractivity contribution in [1.82, 2.24) is 4.90 Å². The lowest BCUT2D eigenvalue weighted by molar-refractivity contribution is -0.118. The highest BCUT2D eigenvalue weighted by atomic mass is 16.5. The van der Waals surface area contributed by atoms with E-state index in [4.69, 9.17) is 4.74 Å². The van der Waals surface area contributed by atoms with Crippen LogP contribution in [0.4, 0.5) is 5.69 Å². The number of likely N-dealkylation sites (N-methyl/N-ethyl adjacent to an activating group) is 1. The van der Waals surface area contributed by atoms with Crippen molar-refractivity contribution in [2.24, 2.45) is 0 Å². The van der Waals surface area contributed by atoms with Crippen LogP contribution in [0.25, 0.3) is 0 Å². The van der Waals surface area contributed by atoms with Crippen LogP contribution in [-0.2, 0) is 4.79 Å². The second-order valence-electron chi connectivity index (χ2n) is 5.39. The second kappa shape index (κ2) is 8.10. The summed E-state index contributed by atoms with van der Waals surface area (Å²) in [5.74, 6) is 0.371. The number of para-hydroxylation sites is 1. The molecule has 2 aromatic carbocycles. The van der Waals surface area contributed by atoms with Crippen molar-refractivity contribution in [3.63, 3.8) is 0 Å². The van der Waals surface area contributed by atoms with Crippen LogP contribution in [0.5, 0.6) is 5.75 Å². The molecule has 0 aromatic heterocycles. The number of carbonyl (C=O) groups is 2. The number of hydrogen-bond acceptors (Lipinski definition) is 4. The molecule has 0 saturated heterocycles. The molecule has 0 aliphatic carbocycles. The molecule has 0 radical (unpaired) electrons. The average molecular weight is 312 g/mol. The van der Waals surface area contributed by atoms with E-state index < -0.39 is 0 Å². The summed E-state index contributed by atoms with van der Waals surface area (Å²) in [7, 11) is 3.68. The highest BCUT2D eigenvalue weighted by Crippen LogP contribution is 2.12. The molecule has 0 bridgehead atoms. The Morgan fingerprint density at radius 3 is 2.48 bits per heavy atom. The van der Waals surface area contributed by atoms with Gasteiger partial charge in [-0.25, -0.2) is 0 Å². The summed E-state index contributed by atoms with van der Waals surface area (Å²) >= 11 is 0. The molecule has 0 spiro atoms. The van der Waals surface area contributed by atoms with Gasteiger partial charge in [0, 0.05) is 11.3 Å². The van der Waals surface area contributed by atoms with Gasteiger partial charge in [-0.05, 0) is 38.4 Å². The number of nitrogens with zero attached hydrogens (tertiary/aromatic N) is 1. The van der Waals surface area contributed by atoms with E-state index in [0.717, 1.165) is 0 Å². The predicted octanol–water partition coefficient (Wildman–Crippen LogP) is 2.45. The molecule has 120 valence electrons. The molecular formula is C18H20N2O3. The van der Waals surface area contributed by atoms with Gasteiger partial charge in [0.05, 0.1) is 6.54 Å². The number of rotatable bonds is 7. The van der Waals surface area contributed by atoms with Gasteiger partial charge in [0.1, 0.15) is 5.75 Å². The van der Waals surface area contributed by atoms with Crippen molar-refractivity contribution in [1.29, 1.82) is 0 Å². The molecule has 0 aliphatic heterocycles. The zero-order valence-electron chi connectivity index (χ0n) is 13.3. The van der Waals surface area contributed by atoms with Crippen LogP contribution < -0.4 is 10.1 Å². The van der Waals surface area contributed by atoms with Gasteiger partial charge in [-0.2, -0.15) is 0 Å². The van der Waals surface area contributed by atoms with Crippen LogP contribution >= 0.6 is 0 Å². The minimum Gasteiger partial charge on any atom is -0.484 e. The van der Waals surface area contributed by atoms with Crippen LogP contribution in [0, 0.1) is 0 Å². The Bertz CT molecular complexity index is 669. The Hall–Kier alpha value is -2.66. The first kappa shape index (κ1) is 16.7. The Balaban J connectivity index is 1.92. The third-order valence-electron chi connectivity index (χ3n) is 3.04. The maximum Gasteiger partial charge on any atom is 0.262 e. The normalized spacial score (nSPS) is 10.4. The smallest absolute Gasteiger partial charge is 0.262 e. The van der Waals surface area contributed by atoms with Crippen molar-refractivity contribution in [3.8, 4) is 5.75 Å². The average Bonchev–Trinajstić information content (AvgIpc) is 2.53. The molecule has 5 nitrogen and oxygen atoms in total. The lowest BCUT2D eigenvalue weighted by Crippen LogP contribution is -2.22. The molecule has 0 aliphatic rings. The van der Waals surface area contributed by atoms with Crippen LogP contribution in [-0.4, -0.2) is 43.8 Å². The Kier molecular flexibility index (Phi) is 5.88. The number of nitrogens with one attached hydrogen (secondary N) is 1. The van der Waals surface area contributed by atoms with Gasteiger partial charge >= 0.3 is 0 Å². The Labute approximate surface area is 135 Å². The van der Waals surface area contributed by atoms with Crippen LogP contribution in [0.1, 0.15) is 10.4 Å². The molecule has 2 rings (SSSR count). The van der Waals surface area contributed by atoms with Crippen molar-refractivity contribution in [2.75, 3.05) is 32.6 Å². The largest absolute Gasteiger partial charge is 0.484 e. The summed E-state index contributed by atoms with van der Waals surface area (Å²) < 4.78 is 5.38. The first-order valence-electron chi connectivity index (χ1n) is 7.30. The number of ether oxygens (including phenoxy) is 1. The minimum atomic E-state index is -0.272. The maximum absolute atomic E-state index is 12.0. The van der Waals surface area contributed by atoms with E-state index >= 15 is 0 Å². The minimum absolute atomic E-state index is 0.00614.